The van der Waals surface area contributed by atoms with Crippen LogP contribution in [-0.2, 0) is 9.53 Å². The number of carbonyl (C=O) groups excluding carboxylic acids is 2. The van der Waals surface area contributed by atoms with Crippen LogP contribution in [0.15, 0.2) is 77.4 Å². The molecule has 2 aromatic carbocycles. The molecule has 0 unspecified atom stereocenters. The van der Waals surface area contributed by atoms with Crippen LogP contribution in [-0.4, -0.2) is 28.5 Å². The number of nitrogens with one attached hydrogen (secondary N) is 1. The second kappa shape index (κ2) is 8.00. The zero-order valence-corrected chi connectivity index (χ0v) is 16.9. The molecule has 3 heterocycles. The van der Waals surface area contributed by atoms with E-state index in [2.05, 4.69) is 15.3 Å². The van der Waals surface area contributed by atoms with Crippen molar-refractivity contribution >= 4 is 49.5 Å². The molecule has 1 N–H and O–H groups in total. The third-order valence-corrected chi connectivity index (χ3v) is 5.54. The van der Waals surface area contributed by atoms with E-state index in [4.69, 9.17) is 9.15 Å². The van der Waals surface area contributed by atoms with Gasteiger partial charge in [0.2, 0.25) is 0 Å². The standard InChI is InChI=1S/C23H15N3O4S/c27-21(26-23-25-17-8-3-4-10-20(17)31-23)13-30-22(28)15-12-18(19-9-5-11-29-19)24-16-7-2-1-6-14(15)16/h1-12H,13H2,(H,25,26,27). The lowest BCUT2D eigenvalue weighted by Gasteiger charge is -2.09. The van der Waals surface area contributed by atoms with Crippen LogP contribution in [0.1, 0.15) is 10.4 Å². The Hall–Kier alpha value is -4.04. The Morgan fingerprint density at radius 3 is 2.58 bits per heavy atom. The van der Waals surface area contributed by atoms with Gasteiger partial charge in [0.15, 0.2) is 17.5 Å². The normalized spacial score (nSPS) is 11.0. The highest BCUT2D eigenvalue weighted by Crippen LogP contribution is 2.27. The molecule has 0 aliphatic rings. The molecule has 5 rings (SSSR count). The summed E-state index contributed by atoms with van der Waals surface area (Å²) in [5, 5.41) is 3.76. The highest BCUT2D eigenvalue weighted by molar-refractivity contribution is 7.22. The minimum Gasteiger partial charge on any atom is -0.463 e. The lowest BCUT2D eigenvalue weighted by Crippen LogP contribution is -2.21. The fourth-order valence-corrected chi connectivity index (χ4v) is 4.07. The van der Waals surface area contributed by atoms with Crippen LogP contribution in [0.3, 0.4) is 0 Å². The van der Waals surface area contributed by atoms with Crippen molar-refractivity contribution in [3.63, 3.8) is 0 Å². The topological polar surface area (TPSA) is 94.3 Å². The fourth-order valence-electron chi connectivity index (χ4n) is 3.18. The molecule has 5 aromatic rings. The lowest BCUT2D eigenvalue weighted by molar-refractivity contribution is -0.119. The SMILES string of the molecule is O=C(COC(=O)c1cc(-c2ccco2)nc2ccccc12)Nc1nc2ccccc2s1. The molecule has 7 nitrogen and oxygen atoms in total. The largest absolute Gasteiger partial charge is 0.463 e. The number of carbonyl (C=O) groups is 2. The van der Waals surface area contributed by atoms with E-state index >= 15 is 0 Å². The number of ether oxygens (including phenoxy) is 1. The van der Waals surface area contributed by atoms with Crippen molar-refractivity contribution in [1.29, 1.82) is 0 Å². The third-order valence-electron chi connectivity index (χ3n) is 4.58. The molecule has 0 radical (unpaired) electrons. The van der Waals surface area contributed by atoms with Crippen LogP contribution in [0.4, 0.5) is 5.13 Å². The first-order chi connectivity index (χ1) is 15.2. The molecule has 0 fully saturated rings. The van der Waals surface area contributed by atoms with Crippen LogP contribution in [0.5, 0.6) is 0 Å². The summed E-state index contributed by atoms with van der Waals surface area (Å²) in [5.41, 5.74) is 2.25. The van der Waals surface area contributed by atoms with Crippen LogP contribution in [0.25, 0.3) is 32.6 Å². The molecule has 0 spiro atoms. The average Bonchev–Trinajstić information content (AvgIpc) is 3.46. The number of anilines is 1. The van der Waals surface area contributed by atoms with E-state index in [1.807, 2.05) is 36.4 Å². The summed E-state index contributed by atoms with van der Waals surface area (Å²) in [4.78, 5) is 34.0. The van der Waals surface area contributed by atoms with Gasteiger partial charge in [0.05, 0.1) is 27.6 Å². The number of pyridine rings is 1. The van der Waals surface area contributed by atoms with Crippen LogP contribution >= 0.6 is 11.3 Å². The Balaban J connectivity index is 1.34. The quantitative estimate of drug-likeness (QED) is 0.399. The van der Waals surface area contributed by atoms with Crippen molar-refractivity contribution < 1.29 is 18.7 Å². The lowest BCUT2D eigenvalue weighted by atomic mass is 10.1. The van der Waals surface area contributed by atoms with Gasteiger partial charge in [-0.25, -0.2) is 14.8 Å². The molecule has 0 saturated heterocycles. The second-order valence-corrected chi connectivity index (χ2v) is 7.69. The van der Waals surface area contributed by atoms with Crippen LogP contribution in [0, 0.1) is 0 Å². The van der Waals surface area contributed by atoms with Gasteiger partial charge < -0.3 is 9.15 Å². The Morgan fingerprint density at radius 2 is 1.77 bits per heavy atom. The van der Waals surface area contributed by atoms with Crippen LogP contribution < -0.4 is 5.32 Å². The Labute approximate surface area is 180 Å². The number of furan rings is 1. The number of rotatable bonds is 5. The minimum absolute atomic E-state index is 0.310. The highest BCUT2D eigenvalue weighted by Gasteiger charge is 2.18. The molecular weight excluding hydrogens is 414 g/mol. The number of thiazole rings is 1. The van der Waals surface area contributed by atoms with Crippen molar-refractivity contribution in [3.05, 3.63) is 78.6 Å². The van der Waals surface area contributed by atoms with Gasteiger partial charge in [-0.3, -0.25) is 10.1 Å². The molecule has 0 saturated carbocycles. The van der Waals surface area contributed by atoms with Crippen molar-refractivity contribution in [1.82, 2.24) is 9.97 Å². The van der Waals surface area contributed by atoms with Gasteiger partial charge in [0.25, 0.3) is 5.91 Å². The maximum atomic E-state index is 12.8. The first kappa shape index (κ1) is 19.0. The molecule has 152 valence electrons. The monoisotopic (exact) mass is 429 g/mol. The van der Waals surface area contributed by atoms with Gasteiger partial charge >= 0.3 is 5.97 Å². The van der Waals surface area contributed by atoms with Crippen molar-refractivity contribution in [3.8, 4) is 11.5 Å². The molecule has 0 aliphatic carbocycles. The maximum Gasteiger partial charge on any atom is 0.339 e. The number of hydrogen-bond acceptors (Lipinski definition) is 7. The Morgan fingerprint density at radius 1 is 0.968 bits per heavy atom. The molecule has 8 heteroatoms. The first-order valence-electron chi connectivity index (χ1n) is 9.43. The summed E-state index contributed by atoms with van der Waals surface area (Å²) in [6, 6.07) is 19.9. The number of fused-ring (bicyclic) bond motifs is 2. The number of amides is 1. The summed E-state index contributed by atoms with van der Waals surface area (Å²) in [6.45, 7) is -0.429. The van der Waals surface area contributed by atoms with E-state index in [1.165, 1.54) is 17.6 Å². The maximum absolute atomic E-state index is 12.8. The average molecular weight is 429 g/mol. The first-order valence-corrected chi connectivity index (χ1v) is 10.3. The number of esters is 1. The van der Waals surface area contributed by atoms with Gasteiger partial charge in [-0.15, -0.1) is 0 Å². The molecule has 31 heavy (non-hydrogen) atoms. The van der Waals surface area contributed by atoms with Crippen molar-refractivity contribution in [2.45, 2.75) is 0 Å². The summed E-state index contributed by atoms with van der Waals surface area (Å²) in [6.07, 6.45) is 1.54. The summed E-state index contributed by atoms with van der Waals surface area (Å²) in [5.74, 6) is -0.545. The van der Waals surface area contributed by atoms with Gasteiger partial charge in [-0.1, -0.05) is 41.7 Å². The van der Waals surface area contributed by atoms with Gasteiger partial charge in [-0.2, -0.15) is 0 Å². The highest BCUT2D eigenvalue weighted by atomic mass is 32.1. The van der Waals surface area contributed by atoms with E-state index in [0.29, 0.717) is 33.1 Å². The summed E-state index contributed by atoms with van der Waals surface area (Å²) in [7, 11) is 0. The fraction of sp³-hybridized carbons (Fsp3) is 0.0435. The zero-order chi connectivity index (χ0) is 21.2. The molecule has 0 bridgehead atoms. The van der Waals surface area contributed by atoms with E-state index in [0.717, 1.165) is 10.2 Å². The number of nitrogens with zero attached hydrogens (tertiary/aromatic N) is 2. The predicted octanol–water partition coefficient (Wildman–Crippen LogP) is 4.90. The van der Waals surface area contributed by atoms with E-state index in [9.17, 15) is 9.59 Å². The Bertz CT molecular complexity index is 1380. The zero-order valence-electron chi connectivity index (χ0n) is 16.1. The number of benzene rings is 2. The summed E-state index contributed by atoms with van der Waals surface area (Å²) >= 11 is 1.36. The second-order valence-electron chi connectivity index (χ2n) is 6.66. The molecule has 3 aromatic heterocycles. The molecule has 0 atom stereocenters. The van der Waals surface area contributed by atoms with E-state index in [-0.39, 0.29) is 0 Å². The predicted molar refractivity (Wildman–Crippen MR) is 118 cm³/mol. The van der Waals surface area contributed by atoms with Crippen molar-refractivity contribution in [2.24, 2.45) is 0 Å². The van der Waals surface area contributed by atoms with Gasteiger partial charge in [-0.05, 0) is 36.4 Å². The smallest absolute Gasteiger partial charge is 0.339 e. The molecule has 1 amide bonds. The van der Waals surface area contributed by atoms with Gasteiger partial charge in [0.1, 0.15) is 5.69 Å². The number of aromatic nitrogens is 2. The van der Waals surface area contributed by atoms with Crippen LogP contribution in [0.2, 0.25) is 0 Å². The Kier molecular flexibility index (Phi) is 4.89. The minimum atomic E-state index is -0.620. The summed E-state index contributed by atoms with van der Waals surface area (Å²) < 4.78 is 11.7. The van der Waals surface area contributed by atoms with E-state index < -0.39 is 18.5 Å². The molecule has 0 aliphatic heterocycles. The van der Waals surface area contributed by atoms with E-state index in [1.54, 1.807) is 30.3 Å². The number of para-hydroxylation sites is 2. The molecular formula is C23H15N3O4S. The van der Waals surface area contributed by atoms with Crippen molar-refractivity contribution in [2.75, 3.05) is 11.9 Å². The third kappa shape index (κ3) is 3.88. The van der Waals surface area contributed by atoms with Gasteiger partial charge in [0, 0.05) is 5.39 Å². The number of hydrogen-bond donors (Lipinski definition) is 1.